The lowest BCUT2D eigenvalue weighted by Gasteiger charge is -2.04. The van der Waals surface area contributed by atoms with Gasteiger partial charge >= 0.3 is 0 Å². The molecule has 1 nitrogen and oxygen atoms in total. The molecule has 1 aliphatic rings. The molecule has 0 aromatic carbocycles. The summed E-state index contributed by atoms with van der Waals surface area (Å²) in [6.07, 6.45) is 46.2. The maximum Gasteiger partial charge on any atom is 0.0810 e. The predicted octanol–water partition coefficient (Wildman–Crippen LogP) is 12.5. The Kier molecular flexibility index (Phi) is 26.9. The van der Waals surface area contributed by atoms with Crippen molar-refractivity contribution < 1.29 is 4.74 Å². The van der Waals surface area contributed by atoms with Crippen molar-refractivity contribution in [3.8, 4) is 0 Å². The summed E-state index contributed by atoms with van der Waals surface area (Å²) in [4.78, 5) is 0. The zero-order valence-electron chi connectivity index (χ0n) is 24.6. The van der Waals surface area contributed by atoms with Gasteiger partial charge in [0.25, 0.3) is 0 Å². The summed E-state index contributed by atoms with van der Waals surface area (Å²) < 4.78 is 5.27. The summed E-state index contributed by atoms with van der Waals surface area (Å²) in [5.74, 6) is 0. The molecule has 1 fully saturated rings. The Balaban J connectivity index is 1.58. The Morgan fingerprint density at radius 3 is 0.743 bits per heavy atom. The van der Waals surface area contributed by atoms with Crippen LogP contribution in [-0.2, 0) is 4.74 Å². The number of hydrogen-bond acceptors (Lipinski definition) is 1. The molecule has 0 aliphatic carbocycles. The maximum absolute atomic E-state index is 5.27. The van der Waals surface area contributed by atoms with Crippen LogP contribution in [0.3, 0.4) is 0 Å². The highest BCUT2D eigenvalue weighted by molar-refractivity contribution is 4.68. The highest BCUT2D eigenvalue weighted by Gasteiger charge is 2.20. The Bertz CT molecular complexity index is 375. The monoisotopic (exact) mass is 493 g/mol. The van der Waals surface area contributed by atoms with E-state index in [2.05, 4.69) is 6.92 Å². The van der Waals surface area contributed by atoms with E-state index in [9.17, 15) is 0 Å². The third-order valence-electron chi connectivity index (χ3n) is 8.28. The van der Waals surface area contributed by atoms with Gasteiger partial charge < -0.3 is 4.74 Å². The third kappa shape index (κ3) is 28.4. The molecule has 1 saturated heterocycles. The van der Waals surface area contributed by atoms with Gasteiger partial charge in [-0.15, -0.1) is 0 Å². The smallest absolute Gasteiger partial charge is 0.0810 e. The number of unbranched alkanes of at least 4 members (excludes halogenated alkanes) is 29. The fraction of sp³-hybridized carbons (Fsp3) is 1.00. The molecular weight excluding hydrogens is 424 g/mol. The van der Waals surface area contributed by atoms with Gasteiger partial charge in [-0.2, -0.15) is 0 Å². The molecule has 1 aliphatic heterocycles. The first-order valence-electron chi connectivity index (χ1n) is 17.0. The summed E-state index contributed by atoms with van der Waals surface area (Å²) in [6.45, 7) is 3.35. The van der Waals surface area contributed by atoms with Crippen molar-refractivity contribution in [3.63, 3.8) is 0 Å². The Labute approximate surface area is 223 Å². The first kappa shape index (κ1) is 33.0. The molecule has 35 heavy (non-hydrogen) atoms. The Hall–Kier alpha value is -0.0400. The zero-order chi connectivity index (χ0) is 24.9. The molecule has 1 unspecified atom stereocenters. The van der Waals surface area contributed by atoms with Crippen LogP contribution in [0.1, 0.15) is 206 Å². The quantitative estimate of drug-likeness (QED) is 0.0692. The third-order valence-corrected chi connectivity index (χ3v) is 8.28. The fourth-order valence-electron chi connectivity index (χ4n) is 5.63. The van der Waals surface area contributed by atoms with E-state index >= 15 is 0 Å². The van der Waals surface area contributed by atoms with Crippen molar-refractivity contribution in [2.24, 2.45) is 0 Å². The largest absolute Gasteiger partial charge is 0.373 e. The number of rotatable bonds is 31. The molecule has 1 heterocycles. The van der Waals surface area contributed by atoms with Crippen molar-refractivity contribution in [2.45, 2.75) is 212 Å². The van der Waals surface area contributed by atoms with E-state index in [1.807, 2.05) is 0 Å². The van der Waals surface area contributed by atoms with Gasteiger partial charge in [0.1, 0.15) is 0 Å². The second-order valence-electron chi connectivity index (χ2n) is 12.0. The first-order valence-corrected chi connectivity index (χ1v) is 17.0. The second kappa shape index (κ2) is 28.5. The van der Waals surface area contributed by atoms with Gasteiger partial charge in [0.2, 0.25) is 0 Å². The molecule has 210 valence electrons. The van der Waals surface area contributed by atoms with Gasteiger partial charge in [0.05, 0.1) is 12.7 Å². The normalized spacial score (nSPS) is 15.2. The standard InChI is InChI=1S/C34H68O/c1-2-3-4-5-6-7-8-9-10-11-12-13-14-15-16-17-18-19-20-21-22-23-24-25-26-27-28-29-30-31-32-34-33-35-34/h34H,2-33H2,1H3. The van der Waals surface area contributed by atoms with Gasteiger partial charge in [-0.25, -0.2) is 0 Å². The van der Waals surface area contributed by atoms with E-state index in [1.165, 1.54) is 199 Å². The van der Waals surface area contributed by atoms with Crippen molar-refractivity contribution in [1.29, 1.82) is 0 Å². The molecule has 0 N–H and O–H groups in total. The zero-order valence-corrected chi connectivity index (χ0v) is 24.6. The van der Waals surface area contributed by atoms with Crippen LogP contribution >= 0.6 is 0 Å². The van der Waals surface area contributed by atoms with Crippen molar-refractivity contribution in [2.75, 3.05) is 6.61 Å². The lowest BCUT2D eigenvalue weighted by atomic mass is 10.0. The highest BCUT2D eigenvalue weighted by Crippen LogP contribution is 2.19. The SMILES string of the molecule is CCCCCCCCCCCCCCCCCCCCCCCCCCCCCCCCC1CO1. The lowest BCUT2D eigenvalue weighted by molar-refractivity contribution is 0.387. The molecule has 1 atom stereocenters. The Morgan fingerprint density at radius 2 is 0.543 bits per heavy atom. The second-order valence-corrected chi connectivity index (χ2v) is 12.0. The van der Waals surface area contributed by atoms with Crippen LogP contribution in [0.15, 0.2) is 0 Å². The number of ether oxygens (including phenoxy) is 1. The lowest BCUT2D eigenvalue weighted by Crippen LogP contribution is -1.86. The molecule has 0 aromatic heterocycles. The highest BCUT2D eigenvalue weighted by atomic mass is 16.6. The van der Waals surface area contributed by atoms with Crippen LogP contribution in [-0.4, -0.2) is 12.7 Å². The molecule has 0 radical (unpaired) electrons. The van der Waals surface area contributed by atoms with E-state index in [1.54, 1.807) is 0 Å². The van der Waals surface area contributed by atoms with Crippen LogP contribution < -0.4 is 0 Å². The van der Waals surface area contributed by atoms with Gasteiger partial charge in [-0.1, -0.05) is 200 Å². The van der Waals surface area contributed by atoms with Gasteiger partial charge in [-0.05, 0) is 6.42 Å². The topological polar surface area (TPSA) is 12.5 Å². The molecule has 0 amide bonds. The van der Waals surface area contributed by atoms with Gasteiger partial charge in [0.15, 0.2) is 0 Å². The van der Waals surface area contributed by atoms with Crippen LogP contribution in [0, 0.1) is 0 Å². The fourth-order valence-corrected chi connectivity index (χ4v) is 5.63. The maximum atomic E-state index is 5.27. The summed E-state index contributed by atoms with van der Waals surface area (Å²) >= 11 is 0. The van der Waals surface area contributed by atoms with E-state index in [0.29, 0.717) is 6.10 Å². The van der Waals surface area contributed by atoms with E-state index in [-0.39, 0.29) is 0 Å². The van der Waals surface area contributed by atoms with E-state index < -0.39 is 0 Å². The Morgan fingerprint density at radius 1 is 0.343 bits per heavy atom. The van der Waals surface area contributed by atoms with E-state index in [4.69, 9.17) is 4.74 Å². The number of epoxide rings is 1. The predicted molar refractivity (Wildman–Crippen MR) is 159 cm³/mol. The summed E-state index contributed by atoms with van der Waals surface area (Å²) in [5, 5.41) is 0. The minimum Gasteiger partial charge on any atom is -0.373 e. The van der Waals surface area contributed by atoms with Crippen LogP contribution in [0.25, 0.3) is 0 Å². The van der Waals surface area contributed by atoms with Crippen LogP contribution in [0.4, 0.5) is 0 Å². The van der Waals surface area contributed by atoms with Crippen molar-refractivity contribution in [3.05, 3.63) is 0 Å². The molecule has 0 saturated carbocycles. The minimum atomic E-state index is 0.647. The summed E-state index contributed by atoms with van der Waals surface area (Å²) in [6, 6.07) is 0. The first-order chi connectivity index (χ1) is 17.4. The van der Waals surface area contributed by atoms with Crippen LogP contribution in [0.2, 0.25) is 0 Å². The minimum absolute atomic E-state index is 0.647. The number of hydrogen-bond donors (Lipinski definition) is 0. The van der Waals surface area contributed by atoms with Crippen molar-refractivity contribution in [1.82, 2.24) is 0 Å². The molecular formula is C34H68O. The average molecular weight is 493 g/mol. The van der Waals surface area contributed by atoms with Crippen LogP contribution in [0.5, 0.6) is 0 Å². The molecule has 1 heteroatoms. The van der Waals surface area contributed by atoms with E-state index in [0.717, 1.165) is 6.61 Å². The molecule has 0 bridgehead atoms. The molecule has 1 rings (SSSR count). The van der Waals surface area contributed by atoms with Gasteiger partial charge in [-0.3, -0.25) is 0 Å². The molecule has 0 aromatic rings. The van der Waals surface area contributed by atoms with Crippen molar-refractivity contribution >= 4 is 0 Å². The van der Waals surface area contributed by atoms with Gasteiger partial charge in [0, 0.05) is 0 Å². The molecule has 0 spiro atoms. The summed E-state index contributed by atoms with van der Waals surface area (Å²) in [5.41, 5.74) is 0. The average Bonchev–Trinajstić information content (AvgIpc) is 3.70. The summed E-state index contributed by atoms with van der Waals surface area (Å²) in [7, 11) is 0.